The van der Waals surface area contributed by atoms with Crippen LogP contribution in [0.3, 0.4) is 0 Å². The Morgan fingerprint density at radius 1 is 1.38 bits per heavy atom. The van der Waals surface area contributed by atoms with Crippen LogP contribution >= 0.6 is 15.9 Å². The van der Waals surface area contributed by atoms with Crippen LogP contribution in [-0.2, 0) is 21.4 Å². The van der Waals surface area contributed by atoms with Crippen LogP contribution in [0.5, 0.6) is 0 Å². The second-order valence-corrected chi connectivity index (χ2v) is 10.5. The third kappa shape index (κ3) is 5.54. The Morgan fingerprint density at radius 3 is 2.69 bits per heavy atom. The van der Waals surface area contributed by atoms with Crippen LogP contribution in [0.2, 0.25) is 0 Å². The van der Waals surface area contributed by atoms with Gasteiger partial charge in [-0.1, -0.05) is 24.0 Å². The zero-order chi connectivity index (χ0) is 23.5. The van der Waals surface area contributed by atoms with Crippen molar-refractivity contribution in [2.75, 3.05) is 13.1 Å². The second kappa shape index (κ2) is 10.1. The van der Waals surface area contributed by atoms with Gasteiger partial charge in [-0.3, -0.25) is 4.79 Å². The highest BCUT2D eigenvalue weighted by molar-refractivity contribution is 9.10. The minimum Gasteiger partial charge on any atom is -0.390 e. The molecule has 1 aliphatic rings. The maximum atomic E-state index is 13.3. The number of nitrogens with zero attached hydrogens (tertiary/aromatic N) is 4. The molecule has 1 unspecified atom stereocenters. The fourth-order valence-corrected chi connectivity index (χ4v) is 6.43. The highest BCUT2D eigenvalue weighted by Gasteiger charge is 2.33. The summed E-state index contributed by atoms with van der Waals surface area (Å²) in [6, 6.07) is 3.96. The SMILES string of the molecule is Cc1cccc(Br)c1S(=O)(=O)NC(CCn1ccnc1[N+](=O)[O-])C(=O)N1CCC(C)CC1. The number of hydrogen-bond donors (Lipinski definition) is 1. The topological polar surface area (TPSA) is 127 Å². The van der Waals surface area contributed by atoms with Gasteiger partial charge < -0.3 is 15.0 Å². The molecule has 1 atom stereocenters. The van der Waals surface area contributed by atoms with E-state index < -0.39 is 21.0 Å². The van der Waals surface area contributed by atoms with Crippen molar-refractivity contribution < 1.29 is 18.1 Å². The summed E-state index contributed by atoms with van der Waals surface area (Å²) in [5, 5.41) is 11.2. The highest BCUT2D eigenvalue weighted by Crippen LogP contribution is 2.26. The summed E-state index contributed by atoms with van der Waals surface area (Å²) < 4.78 is 30.7. The number of rotatable bonds is 8. The van der Waals surface area contributed by atoms with E-state index in [4.69, 9.17) is 0 Å². The summed E-state index contributed by atoms with van der Waals surface area (Å²) in [7, 11) is -4.04. The molecule has 0 spiro atoms. The van der Waals surface area contributed by atoms with Gasteiger partial charge in [0.25, 0.3) is 0 Å². The molecule has 1 aromatic heterocycles. The van der Waals surface area contributed by atoms with Crippen LogP contribution in [0, 0.1) is 23.0 Å². The largest absolute Gasteiger partial charge is 0.434 e. The quantitative estimate of drug-likeness (QED) is 0.415. The van der Waals surface area contributed by atoms with Crippen molar-refractivity contribution in [1.82, 2.24) is 19.2 Å². The smallest absolute Gasteiger partial charge is 0.390 e. The van der Waals surface area contributed by atoms with Gasteiger partial charge in [-0.2, -0.15) is 4.72 Å². The maximum absolute atomic E-state index is 13.3. The molecule has 174 valence electrons. The van der Waals surface area contributed by atoms with E-state index in [2.05, 4.69) is 32.6 Å². The van der Waals surface area contributed by atoms with E-state index in [0.717, 1.165) is 12.8 Å². The zero-order valence-electron chi connectivity index (χ0n) is 17.9. The van der Waals surface area contributed by atoms with E-state index >= 15 is 0 Å². The summed E-state index contributed by atoms with van der Waals surface area (Å²) >= 11 is 3.29. The summed E-state index contributed by atoms with van der Waals surface area (Å²) in [5.41, 5.74) is 0.537. The molecule has 1 amide bonds. The molecular formula is C20H26BrN5O5S. The van der Waals surface area contributed by atoms with E-state index in [1.807, 2.05) is 0 Å². The number of nitrogens with one attached hydrogen (secondary N) is 1. The van der Waals surface area contributed by atoms with Crippen molar-refractivity contribution in [1.29, 1.82) is 0 Å². The lowest BCUT2D eigenvalue weighted by molar-refractivity contribution is -0.396. The Kier molecular flexibility index (Phi) is 7.67. The monoisotopic (exact) mass is 527 g/mol. The number of carbonyl (C=O) groups is 1. The highest BCUT2D eigenvalue weighted by atomic mass is 79.9. The number of nitro groups is 1. The predicted octanol–water partition coefficient (Wildman–Crippen LogP) is 2.86. The van der Waals surface area contributed by atoms with Crippen LogP contribution in [-0.4, -0.2) is 52.8 Å². The number of aromatic nitrogens is 2. The first-order chi connectivity index (χ1) is 15.1. The molecule has 1 N–H and O–H groups in total. The Bertz CT molecular complexity index is 1080. The van der Waals surface area contributed by atoms with Gasteiger partial charge in [-0.05, 0) is 58.2 Å². The van der Waals surface area contributed by atoms with Gasteiger partial charge in [0.1, 0.15) is 18.4 Å². The number of benzene rings is 1. The molecule has 1 fully saturated rings. The molecule has 1 aromatic carbocycles. The number of imidazole rings is 1. The van der Waals surface area contributed by atoms with E-state index in [1.54, 1.807) is 30.0 Å². The summed E-state index contributed by atoms with van der Waals surface area (Å²) in [6.45, 7) is 4.97. The van der Waals surface area contributed by atoms with Gasteiger partial charge >= 0.3 is 5.95 Å². The van der Waals surface area contributed by atoms with E-state index in [-0.39, 0.29) is 29.7 Å². The molecule has 32 heavy (non-hydrogen) atoms. The molecule has 10 nitrogen and oxygen atoms in total. The molecule has 0 radical (unpaired) electrons. The number of piperidine rings is 1. The minimum absolute atomic E-state index is 0.0464. The lowest BCUT2D eigenvalue weighted by atomic mass is 9.98. The molecule has 0 aliphatic carbocycles. The first-order valence-electron chi connectivity index (χ1n) is 10.3. The number of halogens is 1. The van der Waals surface area contributed by atoms with Gasteiger partial charge in [0, 0.05) is 24.0 Å². The van der Waals surface area contributed by atoms with Crippen molar-refractivity contribution in [3.8, 4) is 0 Å². The van der Waals surface area contributed by atoms with E-state index in [0.29, 0.717) is 29.0 Å². The molecule has 1 saturated heterocycles. The van der Waals surface area contributed by atoms with Gasteiger partial charge in [-0.25, -0.2) is 13.0 Å². The van der Waals surface area contributed by atoms with Gasteiger partial charge in [0.15, 0.2) is 0 Å². The van der Waals surface area contributed by atoms with Crippen molar-refractivity contribution in [2.45, 2.75) is 50.6 Å². The third-order valence-corrected chi connectivity index (χ3v) is 8.24. The van der Waals surface area contributed by atoms with Crippen molar-refractivity contribution >= 4 is 37.8 Å². The Hall–Kier alpha value is -2.31. The summed E-state index contributed by atoms with van der Waals surface area (Å²) in [6.07, 6.45) is 4.48. The Balaban J connectivity index is 1.86. The van der Waals surface area contributed by atoms with Crippen LogP contribution in [0.15, 0.2) is 40.0 Å². The van der Waals surface area contributed by atoms with Crippen LogP contribution in [0.25, 0.3) is 0 Å². The van der Waals surface area contributed by atoms with E-state index in [9.17, 15) is 23.3 Å². The van der Waals surface area contributed by atoms with Crippen LogP contribution < -0.4 is 4.72 Å². The average Bonchev–Trinajstić information content (AvgIpc) is 3.20. The Morgan fingerprint density at radius 2 is 2.06 bits per heavy atom. The summed E-state index contributed by atoms with van der Waals surface area (Å²) in [4.78, 5) is 29.3. The lowest BCUT2D eigenvalue weighted by Crippen LogP contribution is -2.51. The molecule has 3 rings (SSSR count). The Labute approximate surface area is 195 Å². The van der Waals surface area contributed by atoms with Crippen LogP contribution in [0.1, 0.15) is 31.7 Å². The van der Waals surface area contributed by atoms with Gasteiger partial charge in [0.2, 0.25) is 15.9 Å². The van der Waals surface area contributed by atoms with Crippen molar-refractivity contribution in [3.63, 3.8) is 0 Å². The first-order valence-corrected chi connectivity index (χ1v) is 12.6. The van der Waals surface area contributed by atoms with Crippen molar-refractivity contribution in [3.05, 3.63) is 50.7 Å². The standard InChI is InChI=1S/C20H26BrN5O5S/c1-14-6-10-24(11-7-14)19(27)17(8-12-25-13-9-22-20(25)26(28)29)23-32(30,31)18-15(2)4-3-5-16(18)21/h3-5,9,13-14,17,23H,6-8,10-12H2,1-2H3. The van der Waals surface area contributed by atoms with Crippen LogP contribution in [0.4, 0.5) is 5.95 Å². The minimum atomic E-state index is -4.04. The molecular weight excluding hydrogens is 502 g/mol. The van der Waals surface area contributed by atoms with Gasteiger partial charge in [0.05, 0.1) is 11.4 Å². The number of aryl methyl sites for hydroxylation is 2. The number of likely N-dealkylation sites (tertiary alicyclic amines) is 1. The fourth-order valence-electron chi connectivity index (χ4n) is 3.80. The van der Waals surface area contributed by atoms with Crippen molar-refractivity contribution in [2.24, 2.45) is 5.92 Å². The lowest BCUT2D eigenvalue weighted by Gasteiger charge is -2.33. The second-order valence-electron chi connectivity index (χ2n) is 8.03. The van der Waals surface area contributed by atoms with E-state index in [1.165, 1.54) is 17.0 Å². The van der Waals surface area contributed by atoms with Gasteiger partial charge in [-0.15, -0.1) is 0 Å². The molecule has 2 aromatic rings. The number of amides is 1. The fraction of sp³-hybridized carbons (Fsp3) is 0.500. The molecule has 0 saturated carbocycles. The normalized spacial score (nSPS) is 16.2. The summed E-state index contributed by atoms with van der Waals surface area (Å²) in [5.74, 6) is -0.175. The predicted molar refractivity (Wildman–Crippen MR) is 121 cm³/mol. The maximum Gasteiger partial charge on any atom is 0.434 e. The molecule has 0 bridgehead atoms. The first kappa shape index (κ1) is 24.3. The molecule has 2 heterocycles. The number of sulfonamides is 1. The third-order valence-electron chi connectivity index (χ3n) is 5.64. The molecule has 1 aliphatic heterocycles. The number of carbonyl (C=O) groups excluding carboxylic acids is 1. The average molecular weight is 528 g/mol. The zero-order valence-corrected chi connectivity index (χ0v) is 20.3. The molecule has 12 heteroatoms. The number of hydrogen-bond acceptors (Lipinski definition) is 6.